The van der Waals surface area contributed by atoms with E-state index in [9.17, 15) is 4.79 Å². The number of nitrogens with zero attached hydrogens (tertiary/aromatic N) is 1. The van der Waals surface area contributed by atoms with E-state index in [1.165, 1.54) is 11.8 Å². The van der Waals surface area contributed by atoms with Gasteiger partial charge in [-0.05, 0) is 43.9 Å². The topological polar surface area (TPSA) is 51.2 Å². The highest BCUT2D eigenvalue weighted by molar-refractivity contribution is 7.99. The maximum absolute atomic E-state index is 12.1. The Balaban J connectivity index is 2.24. The maximum atomic E-state index is 12.1. The number of fused-ring (bicyclic) bond motifs is 1. The quantitative estimate of drug-likeness (QED) is 0.654. The molecule has 1 heterocycles. The van der Waals surface area contributed by atoms with Crippen LogP contribution in [0.4, 0.5) is 0 Å². The second-order valence-corrected chi connectivity index (χ2v) is 6.00. The highest BCUT2D eigenvalue weighted by atomic mass is 32.2. The van der Waals surface area contributed by atoms with E-state index in [1.54, 1.807) is 0 Å². The molecular weight excluding hydrogens is 308 g/mol. The number of aryl methyl sites for hydroxylation is 1. The van der Waals surface area contributed by atoms with Crippen LogP contribution in [0.3, 0.4) is 0 Å². The largest absolute Gasteiger partial charge is 0.470 e. The van der Waals surface area contributed by atoms with E-state index in [0.29, 0.717) is 12.3 Å². The fourth-order valence-corrected chi connectivity index (χ4v) is 2.64. The van der Waals surface area contributed by atoms with Gasteiger partial charge in [0.15, 0.2) is 0 Å². The molecule has 0 fully saturated rings. The van der Waals surface area contributed by atoms with Crippen molar-refractivity contribution in [3.63, 3.8) is 0 Å². The molecule has 1 atom stereocenters. The summed E-state index contributed by atoms with van der Waals surface area (Å²) in [4.78, 5) is 16.5. The van der Waals surface area contributed by atoms with E-state index in [2.05, 4.69) is 16.2 Å². The van der Waals surface area contributed by atoms with Crippen LogP contribution in [0, 0.1) is 19.3 Å². The molecule has 1 aromatic carbocycles. The first-order valence-corrected chi connectivity index (χ1v) is 8.73. The van der Waals surface area contributed by atoms with Gasteiger partial charge < -0.3 is 10.1 Å². The zero-order valence-electron chi connectivity index (χ0n) is 13.6. The normalized spacial score (nSPS) is 11.7. The van der Waals surface area contributed by atoms with E-state index in [0.717, 1.165) is 28.6 Å². The van der Waals surface area contributed by atoms with Crippen molar-refractivity contribution in [1.29, 1.82) is 0 Å². The predicted octanol–water partition coefficient (Wildman–Crippen LogP) is 3.12. The van der Waals surface area contributed by atoms with Crippen LogP contribution in [0.2, 0.25) is 0 Å². The standard InChI is InChI=1S/C18H20N2O2S/c1-5-9-19-17(21)18(23-4)22-15-7-8-16-14(11-15)10-13(6-2)12(3)20-16/h2,7-8,10-11,18H,5,9H2,1,3-4H3,(H,19,21). The van der Waals surface area contributed by atoms with Crippen LogP contribution in [-0.4, -0.2) is 29.1 Å². The summed E-state index contributed by atoms with van der Waals surface area (Å²) in [5.74, 6) is 3.13. The lowest BCUT2D eigenvalue weighted by Gasteiger charge is -2.17. The van der Waals surface area contributed by atoms with Gasteiger partial charge in [0, 0.05) is 17.5 Å². The number of nitrogens with one attached hydrogen (secondary N) is 1. The number of hydrogen-bond acceptors (Lipinski definition) is 4. The van der Waals surface area contributed by atoms with Crippen LogP contribution in [0.25, 0.3) is 10.9 Å². The van der Waals surface area contributed by atoms with E-state index < -0.39 is 5.44 Å². The average Bonchev–Trinajstić information content (AvgIpc) is 2.56. The van der Waals surface area contributed by atoms with E-state index in [1.807, 2.05) is 44.4 Å². The number of aromatic nitrogens is 1. The third kappa shape index (κ3) is 4.17. The molecule has 0 bridgehead atoms. The lowest BCUT2D eigenvalue weighted by molar-refractivity contribution is -0.124. The fourth-order valence-electron chi connectivity index (χ4n) is 2.13. The van der Waals surface area contributed by atoms with Crippen molar-refractivity contribution in [2.24, 2.45) is 0 Å². The van der Waals surface area contributed by atoms with Crippen LogP contribution in [0.5, 0.6) is 5.75 Å². The Labute approximate surface area is 141 Å². The minimum atomic E-state index is -0.579. The first kappa shape index (κ1) is 17.2. The summed E-state index contributed by atoms with van der Waals surface area (Å²) in [6.45, 7) is 4.54. The van der Waals surface area contributed by atoms with Crippen LogP contribution >= 0.6 is 11.8 Å². The minimum Gasteiger partial charge on any atom is -0.470 e. The number of ether oxygens (including phenoxy) is 1. The molecule has 0 aliphatic carbocycles. The van der Waals surface area contributed by atoms with Crippen molar-refractivity contribution in [2.75, 3.05) is 12.8 Å². The smallest absolute Gasteiger partial charge is 0.271 e. The SMILES string of the molecule is C#Cc1cc2cc(OC(SC)C(=O)NCCC)ccc2nc1C. The molecule has 120 valence electrons. The Hall–Kier alpha value is -2.19. The van der Waals surface area contributed by atoms with Gasteiger partial charge in [0.05, 0.1) is 11.2 Å². The molecule has 2 aromatic rings. The molecule has 0 radical (unpaired) electrons. The lowest BCUT2D eigenvalue weighted by Crippen LogP contribution is -2.36. The Kier molecular flexibility index (Phi) is 5.89. The average molecular weight is 328 g/mol. The Morgan fingerprint density at radius 2 is 2.26 bits per heavy atom. The summed E-state index contributed by atoms with van der Waals surface area (Å²) < 4.78 is 5.81. The number of carbonyl (C=O) groups is 1. The van der Waals surface area contributed by atoms with Gasteiger partial charge in [-0.3, -0.25) is 9.78 Å². The number of rotatable bonds is 6. The first-order valence-electron chi connectivity index (χ1n) is 7.44. The number of benzene rings is 1. The Morgan fingerprint density at radius 3 is 2.91 bits per heavy atom. The molecule has 23 heavy (non-hydrogen) atoms. The van der Waals surface area contributed by atoms with Crippen molar-refractivity contribution in [2.45, 2.75) is 25.7 Å². The molecule has 0 saturated carbocycles. The maximum Gasteiger partial charge on any atom is 0.271 e. The second-order valence-electron chi connectivity index (χ2n) is 5.10. The van der Waals surface area contributed by atoms with Crippen molar-refractivity contribution in [3.8, 4) is 18.1 Å². The molecule has 0 aliphatic heterocycles. The van der Waals surface area contributed by atoms with E-state index in [4.69, 9.17) is 11.2 Å². The van der Waals surface area contributed by atoms with Gasteiger partial charge in [0.2, 0.25) is 5.44 Å². The summed E-state index contributed by atoms with van der Waals surface area (Å²) in [7, 11) is 0. The monoisotopic (exact) mass is 328 g/mol. The Bertz CT molecular complexity index is 753. The molecule has 1 amide bonds. The number of pyridine rings is 1. The summed E-state index contributed by atoms with van der Waals surface area (Å²) in [5, 5.41) is 3.74. The second kappa shape index (κ2) is 7.89. The fraction of sp³-hybridized carbons (Fsp3) is 0.333. The van der Waals surface area contributed by atoms with Crippen LogP contribution < -0.4 is 10.1 Å². The third-order valence-corrected chi connectivity index (χ3v) is 4.09. The van der Waals surface area contributed by atoms with E-state index >= 15 is 0 Å². The van der Waals surface area contributed by atoms with Gasteiger partial charge in [0.1, 0.15) is 5.75 Å². The molecule has 0 spiro atoms. The molecule has 4 nitrogen and oxygen atoms in total. The van der Waals surface area contributed by atoms with Gasteiger partial charge in [-0.25, -0.2) is 0 Å². The van der Waals surface area contributed by atoms with Crippen LogP contribution in [0.1, 0.15) is 24.6 Å². The van der Waals surface area contributed by atoms with Gasteiger partial charge in [-0.15, -0.1) is 18.2 Å². The Morgan fingerprint density at radius 1 is 1.48 bits per heavy atom. The molecule has 5 heteroatoms. The predicted molar refractivity (Wildman–Crippen MR) is 95.6 cm³/mol. The van der Waals surface area contributed by atoms with Gasteiger partial charge >= 0.3 is 0 Å². The first-order chi connectivity index (χ1) is 11.1. The van der Waals surface area contributed by atoms with Crippen molar-refractivity contribution in [3.05, 3.63) is 35.5 Å². The van der Waals surface area contributed by atoms with Crippen molar-refractivity contribution in [1.82, 2.24) is 10.3 Å². The molecule has 1 unspecified atom stereocenters. The number of amides is 1. The lowest BCUT2D eigenvalue weighted by atomic mass is 10.1. The van der Waals surface area contributed by atoms with Crippen molar-refractivity contribution < 1.29 is 9.53 Å². The zero-order valence-corrected chi connectivity index (χ0v) is 14.4. The summed E-state index contributed by atoms with van der Waals surface area (Å²) in [6, 6.07) is 7.47. The molecule has 0 saturated heterocycles. The summed E-state index contributed by atoms with van der Waals surface area (Å²) >= 11 is 1.36. The number of terminal acetylenes is 1. The van der Waals surface area contributed by atoms with Gasteiger partial charge in [-0.1, -0.05) is 12.8 Å². The third-order valence-electron chi connectivity index (χ3n) is 3.35. The minimum absolute atomic E-state index is 0.120. The molecule has 1 N–H and O–H groups in total. The number of thioether (sulfide) groups is 1. The zero-order chi connectivity index (χ0) is 16.8. The van der Waals surface area contributed by atoms with Crippen LogP contribution in [-0.2, 0) is 4.79 Å². The summed E-state index contributed by atoms with van der Waals surface area (Å²) in [6.07, 6.45) is 8.23. The molecule has 0 aliphatic rings. The highest BCUT2D eigenvalue weighted by Gasteiger charge is 2.18. The summed E-state index contributed by atoms with van der Waals surface area (Å²) in [5.41, 5.74) is 1.86. The highest BCUT2D eigenvalue weighted by Crippen LogP contribution is 2.24. The molecule has 2 rings (SSSR count). The molecular formula is C18H20N2O2S. The van der Waals surface area contributed by atoms with Gasteiger partial charge in [0.25, 0.3) is 5.91 Å². The molecule has 1 aromatic heterocycles. The number of hydrogen-bond donors (Lipinski definition) is 1. The van der Waals surface area contributed by atoms with Crippen LogP contribution in [0.15, 0.2) is 24.3 Å². The van der Waals surface area contributed by atoms with Gasteiger partial charge in [-0.2, -0.15) is 0 Å². The van der Waals surface area contributed by atoms with E-state index in [-0.39, 0.29) is 5.91 Å². The van der Waals surface area contributed by atoms with Crippen molar-refractivity contribution >= 4 is 28.6 Å². The number of carbonyl (C=O) groups excluding carboxylic acids is 1.